The van der Waals surface area contributed by atoms with Crippen molar-refractivity contribution < 1.29 is 4.39 Å². The van der Waals surface area contributed by atoms with Crippen molar-refractivity contribution in [2.45, 2.75) is 30.6 Å². The minimum Gasteiger partial charge on any atom is -0.359 e. The summed E-state index contributed by atoms with van der Waals surface area (Å²) in [6.45, 7) is 0. The molecule has 3 rings (SSSR count). The summed E-state index contributed by atoms with van der Waals surface area (Å²) in [7, 11) is 0. The predicted octanol–water partition coefficient (Wildman–Crippen LogP) is 4.13. The summed E-state index contributed by atoms with van der Waals surface area (Å²) in [6, 6.07) is 5.31. The lowest BCUT2D eigenvalue weighted by atomic mass is 10.3. The SMILES string of the molecule is CSC1CCC(Nc2nc3cc(F)ccc3s2)C1. The average Bonchev–Trinajstić information content (AvgIpc) is 2.95. The molecule has 0 saturated heterocycles. The van der Waals surface area contributed by atoms with Crippen LogP contribution in [-0.4, -0.2) is 22.5 Å². The molecular formula is C13H15FN2S2. The van der Waals surface area contributed by atoms with Crippen LogP contribution in [0.2, 0.25) is 0 Å². The van der Waals surface area contributed by atoms with Gasteiger partial charge in [0, 0.05) is 17.4 Å². The number of hydrogen-bond donors (Lipinski definition) is 1. The molecule has 1 heterocycles. The van der Waals surface area contributed by atoms with E-state index in [2.05, 4.69) is 16.6 Å². The highest BCUT2D eigenvalue weighted by Gasteiger charge is 2.24. The molecule has 0 bridgehead atoms. The number of anilines is 1. The molecule has 1 aliphatic rings. The highest BCUT2D eigenvalue weighted by atomic mass is 32.2. The Bertz CT molecular complexity index is 555. The van der Waals surface area contributed by atoms with Gasteiger partial charge in [0.1, 0.15) is 5.82 Å². The maximum absolute atomic E-state index is 13.1. The molecule has 1 fully saturated rings. The minimum absolute atomic E-state index is 0.220. The number of aromatic nitrogens is 1. The number of hydrogen-bond acceptors (Lipinski definition) is 4. The molecule has 1 aromatic heterocycles. The Kier molecular flexibility index (Phi) is 3.43. The van der Waals surface area contributed by atoms with Crippen molar-refractivity contribution in [3.63, 3.8) is 0 Å². The highest BCUT2D eigenvalue weighted by Crippen LogP contribution is 2.32. The molecule has 0 radical (unpaired) electrons. The third kappa shape index (κ3) is 2.47. The average molecular weight is 282 g/mol. The van der Waals surface area contributed by atoms with E-state index in [1.165, 1.54) is 31.4 Å². The maximum atomic E-state index is 13.1. The molecule has 0 aliphatic heterocycles. The largest absolute Gasteiger partial charge is 0.359 e. The normalized spacial score (nSPS) is 23.7. The van der Waals surface area contributed by atoms with E-state index >= 15 is 0 Å². The molecule has 18 heavy (non-hydrogen) atoms. The van der Waals surface area contributed by atoms with E-state index in [1.54, 1.807) is 17.4 Å². The van der Waals surface area contributed by atoms with Crippen LogP contribution >= 0.6 is 23.1 Å². The van der Waals surface area contributed by atoms with Crippen LogP contribution in [-0.2, 0) is 0 Å². The van der Waals surface area contributed by atoms with Crippen LogP contribution in [0.4, 0.5) is 9.52 Å². The second-order valence-electron chi connectivity index (χ2n) is 4.64. The first kappa shape index (κ1) is 12.2. The van der Waals surface area contributed by atoms with Crippen molar-refractivity contribution in [3.05, 3.63) is 24.0 Å². The summed E-state index contributed by atoms with van der Waals surface area (Å²) in [6.07, 6.45) is 5.85. The van der Waals surface area contributed by atoms with Crippen LogP contribution < -0.4 is 5.32 Å². The van der Waals surface area contributed by atoms with E-state index in [1.807, 2.05) is 11.8 Å². The Labute approximate surface area is 114 Å². The Morgan fingerprint density at radius 2 is 2.33 bits per heavy atom. The van der Waals surface area contributed by atoms with Crippen LogP contribution in [0.5, 0.6) is 0 Å². The van der Waals surface area contributed by atoms with Crippen molar-refractivity contribution in [1.29, 1.82) is 0 Å². The molecule has 2 atom stereocenters. The monoisotopic (exact) mass is 282 g/mol. The van der Waals surface area contributed by atoms with Crippen molar-refractivity contribution in [2.75, 3.05) is 11.6 Å². The van der Waals surface area contributed by atoms with Gasteiger partial charge in [0.2, 0.25) is 0 Å². The summed E-state index contributed by atoms with van der Waals surface area (Å²) in [5.41, 5.74) is 0.752. The second-order valence-corrected chi connectivity index (χ2v) is 6.81. The number of nitrogens with one attached hydrogen (secondary N) is 1. The van der Waals surface area contributed by atoms with Gasteiger partial charge < -0.3 is 5.32 Å². The van der Waals surface area contributed by atoms with E-state index < -0.39 is 0 Å². The van der Waals surface area contributed by atoms with Gasteiger partial charge >= 0.3 is 0 Å². The van der Waals surface area contributed by atoms with Gasteiger partial charge in [-0.25, -0.2) is 9.37 Å². The molecule has 0 amide bonds. The molecule has 1 saturated carbocycles. The van der Waals surface area contributed by atoms with E-state index in [4.69, 9.17) is 0 Å². The molecule has 0 spiro atoms. The fourth-order valence-corrected chi connectivity index (χ4v) is 4.14. The zero-order valence-electron chi connectivity index (χ0n) is 10.1. The molecule has 2 unspecified atom stereocenters. The Morgan fingerprint density at radius 3 is 3.11 bits per heavy atom. The van der Waals surface area contributed by atoms with Crippen LogP contribution in [0.25, 0.3) is 10.2 Å². The number of thiazole rings is 1. The number of nitrogens with zero attached hydrogens (tertiary/aromatic N) is 1. The van der Waals surface area contributed by atoms with Gasteiger partial charge in [0.05, 0.1) is 10.2 Å². The summed E-state index contributed by atoms with van der Waals surface area (Å²) in [5, 5.41) is 5.18. The van der Waals surface area contributed by atoms with Crippen LogP contribution in [0.3, 0.4) is 0 Å². The fourth-order valence-electron chi connectivity index (χ4n) is 2.42. The molecule has 1 N–H and O–H groups in total. The molecular weight excluding hydrogens is 267 g/mol. The first-order chi connectivity index (χ1) is 8.74. The zero-order valence-corrected chi connectivity index (χ0v) is 11.8. The lowest BCUT2D eigenvalue weighted by Crippen LogP contribution is -2.15. The predicted molar refractivity (Wildman–Crippen MR) is 78.1 cm³/mol. The van der Waals surface area contributed by atoms with Crippen LogP contribution in [0.1, 0.15) is 19.3 Å². The van der Waals surface area contributed by atoms with E-state index in [9.17, 15) is 4.39 Å². The van der Waals surface area contributed by atoms with Crippen LogP contribution in [0.15, 0.2) is 18.2 Å². The van der Waals surface area contributed by atoms with Gasteiger partial charge in [-0.15, -0.1) is 0 Å². The second kappa shape index (κ2) is 5.05. The van der Waals surface area contributed by atoms with Crippen molar-refractivity contribution in [3.8, 4) is 0 Å². The molecule has 2 aromatic rings. The number of benzene rings is 1. The Balaban J connectivity index is 1.75. The number of rotatable bonds is 3. The summed E-state index contributed by atoms with van der Waals surface area (Å²) in [4.78, 5) is 4.45. The lowest BCUT2D eigenvalue weighted by molar-refractivity contribution is 0.629. The third-order valence-electron chi connectivity index (χ3n) is 3.40. The van der Waals surface area contributed by atoms with E-state index in [0.29, 0.717) is 6.04 Å². The zero-order chi connectivity index (χ0) is 12.5. The fraction of sp³-hybridized carbons (Fsp3) is 0.462. The lowest BCUT2D eigenvalue weighted by Gasteiger charge is -2.10. The van der Waals surface area contributed by atoms with Crippen molar-refractivity contribution in [1.82, 2.24) is 4.98 Å². The van der Waals surface area contributed by atoms with E-state index in [0.717, 1.165) is 20.6 Å². The number of halogens is 1. The first-order valence-electron chi connectivity index (χ1n) is 6.10. The number of thioether (sulfide) groups is 1. The first-order valence-corrected chi connectivity index (χ1v) is 8.20. The van der Waals surface area contributed by atoms with Gasteiger partial charge in [-0.1, -0.05) is 11.3 Å². The van der Waals surface area contributed by atoms with Crippen LogP contribution in [0, 0.1) is 5.82 Å². The number of fused-ring (bicyclic) bond motifs is 1. The quantitative estimate of drug-likeness (QED) is 0.916. The van der Waals surface area contributed by atoms with Gasteiger partial charge in [-0.3, -0.25) is 0 Å². The van der Waals surface area contributed by atoms with Gasteiger partial charge in [0.15, 0.2) is 5.13 Å². The Morgan fingerprint density at radius 1 is 1.44 bits per heavy atom. The topological polar surface area (TPSA) is 24.9 Å². The molecule has 1 aliphatic carbocycles. The van der Waals surface area contributed by atoms with Gasteiger partial charge in [-0.2, -0.15) is 11.8 Å². The minimum atomic E-state index is -0.220. The summed E-state index contributed by atoms with van der Waals surface area (Å²) >= 11 is 3.55. The summed E-state index contributed by atoms with van der Waals surface area (Å²) < 4.78 is 14.1. The van der Waals surface area contributed by atoms with Gasteiger partial charge in [0.25, 0.3) is 0 Å². The van der Waals surface area contributed by atoms with Crippen molar-refractivity contribution in [2.24, 2.45) is 0 Å². The van der Waals surface area contributed by atoms with Crippen molar-refractivity contribution >= 4 is 38.4 Å². The molecule has 2 nitrogen and oxygen atoms in total. The standard InChI is InChI=1S/C13H15FN2S2/c1-17-10-4-3-9(7-10)15-13-16-11-6-8(14)2-5-12(11)18-13/h2,5-6,9-10H,3-4,7H2,1H3,(H,15,16). The molecule has 96 valence electrons. The maximum Gasteiger partial charge on any atom is 0.184 e. The third-order valence-corrected chi connectivity index (χ3v) is 5.46. The molecule has 1 aromatic carbocycles. The Hall–Kier alpha value is -0.810. The van der Waals surface area contributed by atoms with E-state index in [-0.39, 0.29) is 5.82 Å². The molecule has 5 heteroatoms. The van der Waals surface area contributed by atoms with Gasteiger partial charge in [-0.05, 0) is 37.7 Å². The smallest absolute Gasteiger partial charge is 0.184 e. The highest BCUT2D eigenvalue weighted by molar-refractivity contribution is 7.99. The summed E-state index contributed by atoms with van der Waals surface area (Å²) in [5.74, 6) is -0.220.